The molecular formula is C12H17NO4. The highest BCUT2D eigenvalue weighted by Gasteiger charge is 2.08. The molecule has 0 aromatic heterocycles. The average Bonchev–Trinajstić information content (AvgIpc) is 2.28. The van der Waals surface area contributed by atoms with Gasteiger partial charge >= 0.3 is 0 Å². The normalized spacial score (nSPS) is 11.9. The molecule has 0 radical (unpaired) electrons. The summed E-state index contributed by atoms with van der Waals surface area (Å²) in [4.78, 5) is 11.4. The van der Waals surface area contributed by atoms with Gasteiger partial charge in [-0.1, -0.05) is 12.1 Å². The maximum atomic E-state index is 11.4. The minimum Gasteiger partial charge on any atom is -0.504 e. The Labute approximate surface area is 100 Å². The molecule has 1 aromatic rings. The minimum absolute atomic E-state index is 0.0187. The summed E-state index contributed by atoms with van der Waals surface area (Å²) in [5.74, 6) is 0.0603. The van der Waals surface area contributed by atoms with Gasteiger partial charge in [-0.3, -0.25) is 4.79 Å². The molecule has 1 atom stereocenters. The fourth-order valence-electron chi connectivity index (χ4n) is 1.33. The van der Waals surface area contributed by atoms with Crippen LogP contribution in [0.4, 0.5) is 0 Å². The molecule has 1 rings (SSSR count). The van der Waals surface area contributed by atoms with E-state index in [9.17, 15) is 9.90 Å². The van der Waals surface area contributed by atoms with E-state index in [1.807, 2.05) is 6.92 Å². The quantitative estimate of drug-likeness (QED) is 0.774. The zero-order valence-electron chi connectivity index (χ0n) is 9.97. The van der Waals surface area contributed by atoms with Crippen LogP contribution in [0.2, 0.25) is 0 Å². The summed E-state index contributed by atoms with van der Waals surface area (Å²) in [5, 5.41) is 12.1. The first-order valence-corrected chi connectivity index (χ1v) is 5.32. The summed E-state index contributed by atoms with van der Waals surface area (Å²) in [6, 6.07) is 6.44. The largest absolute Gasteiger partial charge is 0.504 e. The van der Waals surface area contributed by atoms with Crippen LogP contribution in [0.3, 0.4) is 0 Å². The van der Waals surface area contributed by atoms with Crippen molar-refractivity contribution in [3.05, 3.63) is 24.3 Å². The number of phenols is 1. The standard InChI is InChI=1S/C12H17NO4/c1-9(7-16-2)13-12(15)8-17-11-6-4-3-5-10(11)14/h3-6,9,14H,7-8H2,1-2H3,(H,13,15). The van der Waals surface area contributed by atoms with Crippen molar-refractivity contribution in [2.45, 2.75) is 13.0 Å². The van der Waals surface area contributed by atoms with Gasteiger partial charge in [0.1, 0.15) is 0 Å². The Bertz CT molecular complexity index is 367. The van der Waals surface area contributed by atoms with Crippen molar-refractivity contribution in [3.63, 3.8) is 0 Å². The van der Waals surface area contributed by atoms with Crippen molar-refractivity contribution >= 4 is 5.91 Å². The number of hydrogen-bond acceptors (Lipinski definition) is 4. The zero-order chi connectivity index (χ0) is 12.7. The van der Waals surface area contributed by atoms with Crippen LogP contribution >= 0.6 is 0 Å². The van der Waals surface area contributed by atoms with Gasteiger partial charge in [0.05, 0.1) is 6.61 Å². The van der Waals surface area contributed by atoms with E-state index >= 15 is 0 Å². The monoisotopic (exact) mass is 239 g/mol. The Balaban J connectivity index is 2.36. The second-order valence-corrected chi connectivity index (χ2v) is 3.68. The maximum Gasteiger partial charge on any atom is 0.258 e. The highest BCUT2D eigenvalue weighted by Crippen LogP contribution is 2.23. The molecule has 94 valence electrons. The summed E-state index contributed by atoms with van der Waals surface area (Å²) in [7, 11) is 1.57. The third-order valence-corrected chi connectivity index (χ3v) is 2.05. The van der Waals surface area contributed by atoms with E-state index in [0.717, 1.165) is 0 Å². The van der Waals surface area contributed by atoms with Crippen molar-refractivity contribution in [1.82, 2.24) is 5.32 Å². The van der Waals surface area contributed by atoms with Crippen LogP contribution in [0, 0.1) is 0 Å². The molecule has 0 spiro atoms. The highest BCUT2D eigenvalue weighted by molar-refractivity contribution is 5.77. The van der Waals surface area contributed by atoms with E-state index in [-0.39, 0.29) is 24.3 Å². The molecule has 0 aliphatic rings. The van der Waals surface area contributed by atoms with Gasteiger partial charge in [-0.05, 0) is 19.1 Å². The molecule has 0 heterocycles. The summed E-state index contributed by atoms with van der Waals surface area (Å²) >= 11 is 0. The van der Waals surface area contributed by atoms with Gasteiger partial charge in [0.25, 0.3) is 5.91 Å². The van der Waals surface area contributed by atoms with E-state index in [0.29, 0.717) is 12.4 Å². The van der Waals surface area contributed by atoms with E-state index in [1.165, 1.54) is 6.07 Å². The van der Waals surface area contributed by atoms with Gasteiger partial charge in [-0.2, -0.15) is 0 Å². The van der Waals surface area contributed by atoms with Gasteiger partial charge in [0, 0.05) is 13.2 Å². The lowest BCUT2D eigenvalue weighted by Gasteiger charge is -2.13. The molecule has 0 aliphatic heterocycles. The Morgan fingerprint density at radius 1 is 1.47 bits per heavy atom. The first kappa shape index (κ1) is 13.3. The molecule has 0 bridgehead atoms. The molecule has 1 amide bonds. The molecule has 5 nitrogen and oxygen atoms in total. The fraction of sp³-hybridized carbons (Fsp3) is 0.417. The van der Waals surface area contributed by atoms with Crippen LogP contribution in [-0.2, 0) is 9.53 Å². The minimum atomic E-state index is -0.252. The number of amides is 1. The zero-order valence-corrected chi connectivity index (χ0v) is 9.97. The summed E-state index contributed by atoms with van der Waals surface area (Å²) in [6.45, 7) is 2.15. The molecule has 1 aromatic carbocycles. The number of hydrogen-bond donors (Lipinski definition) is 2. The highest BCUT2D eigenvalue weighted by atomic mass is 16.5. The molecule has 17 heavy (non-hydrogen) atoms. The van der Waals surface area contributed by atoms with Crippen LogP contribution in [0.15, 0.2) is 24.3 Å². The predicted octanol–water partition coefficient (Wildman–Crippen LogP) is 0.922. The van der Waals surface area contributed by atoms with Crippen LogP contribution in [0.1, 0.15) is 6.92 Å². The smallest absolute Gasteiger partial charge is 0.258 e. The summed E-state index contributed by atoms with van der Waals surface area (Å²) < 4.78 is 10.1. The van der Waals surface area contributed by atoms with Crippen molar-refractivity contribution in [1.29, 1.82) is 0 Å². The lowest BCUT2D eigenvalue weighted by Crippen LogP contribution is -2.38. The summed E-state index contributed by atoms with van der Waals surface area (Å²) in [6.07, 6.45) is 0. The van der Waals surface area contributed by atoms with Crippen LogP contribution in [0.25, 0.3) is 0 Å². The third-order valence-electron chi connectivity index (χ3n) is 2.05. The number of carbonyl (C=O) groups excluding carboxylic acids is 1. The number of methoxy groups -OCH3 is 1. The Morgan fingerprint density at radius 3 is 2.82 bits per heavy atom. The first-order chi connectivity index (χ1) is 8.13. The van der Waals surface area contributed by atoms with Crippen LogP contribution < -0.4 is 10.1 Å². The number of benzene rings is 1. The van der Waals surface area contributed by atoms with Crippen LogP contribution in [0.5, 0.6) is 11.5 Å². The molecule has 5 heteroatoms. The SMILES string of the molecule is COCC(C)NC(=O)COc1ccccc1O. The Hall–Kier alpha value is -1.75. The van der Waals surface area contributed by atoms with Gasteiger partial charge < -0.3 is 19.9 Å². The topological polar surface area (TPSA) is 67.8 Å². The van der Waals surface area contributed by atoms with Gasteiger partial charge in [0.15, 0.2) is 18.1 Å². The van der Waals surface area contributed by atoms with E-state index in [1.54, 1.807) is 25.3 Å². The lowest BCUT2D eigenvalue weighted by atomic mass is 10.3. The molecule has 2 N–H and O–H groups in total. The van der Waals surface area contributed by atoms with Crippen molar-refractivity contribution in [2.24, 2.45) is 0 Å². The number of phenolic OH excluding ortho intramolecular Hbond substituents is 1. The second kappa shape index (κ2) is 6.75. The molecule has 0 saturated heterocycles. The van der Waals surface area contributed by atoms with Gasteiger partial charge in [-0.15, -0.1) is 0 Å². The Kier molecular flexibility index (Phi) is 5.29. The average molecular weight is 239 g/mol. The predicted molar refractivity (Wildman–Crippen MR) is 63.1 cm³/mol. The number of rotatable bonds is 6. The van der Waals surface area contributed by atoms with Crippen molar-refractivity contribution in [2.75, 3.05) is 20.3 Å². The summed E-state index contributed by atoms with van der Waals surface area (Å²) in [5.41, 5.74) is 0. The number of aromatic hydroxyl groups is 1. The Morgan fingerprint density at radius 2 is 2.18 bits per heavy atom. The fourth-order valence-corrected chi connectivity index (χ4v) is 1.33. The van der Waals surface area contributed by atoms with Crippen LogP contribution in [-0.4, -0.2) is 37.4 Å². The van der Waals surface area contributed by atoms with E-state index < -0.39 is 0 Å². The first-order valence-electron chi connectivity index (χ1n) is 5.32. The van der Waals surface area contributed by atoms with Crippen molar-refractivity contribution in [3.8, 4) is 11.5 Å². The lowest BCUT2D eigenvalue weighted by molar-refractivity contribution is -0.124. The molecule has 0 fully saturated rings. The van der Waals surface area contributed by atoms with E-state index in [4.69, 9.17) is 9.47 Å². The molecule has 1 unspecified atom stereocenters. The maximum absolute atomic E-state index is 11.4. The molecule has 0 aliphatic carbocycles. The van der Waals surface area contributed by atoms with Gasteiger partial charge in [-0.25, -0.2) is 0 Å². The van der Waals surface area contributed by atoms with E-state index in [2.05, 4.69) is 5.32 Å². The van der Waals surface area contributed by atoms with Gasteiger partial charge in [0.2, 0.25) is 0 Å². The number of ether oxygens (including phenoxy) is 2. The number of nitrogens with one attached hydrogen (secondary N) is 1. The third kappa shape index (κ3) is 4.74. The number of para-hydroxylation sites is 2. The molecular weight excluding hydrogens is 222 g/mol. The number of carbonyl (C=O) groups is 1. The second-order valence-electron chi connectivity index (χ2n) is 3.68. The van der Waals surface area contributed by atoms with Crippen molar-refractivity contribution < 1.29 is 19.4 Å². The molecule has 0 saturated carbocycles.